The van der Waals surface area contributed by atoms with Crippen molar-refractivity contribution < 1.29 is 22.4 Å². The number of para-hydroxylation sites is 1. The smallest absolute Gasteiger partial charge is 0.268 e. The number of rotatable bonds is 10. The zero-order valence-corrected chi connectivity index (χ0v) is 31.2. The molecule has 1 aliphatic heterocycles. The largest absolute Gasteiger partial charge is 0.326 e. The molecule has 2 atom stereocenters. The summed E-state index contributed by atoms with van der Waals surface area (Å²) in [6.07, 6.45) is 1.59. The van der Waals surface area contributed by atoms with E-state index in [0.29, 0.717) is 27.6 Å². The number of fused-ring (bicyclic) bond motifs is 1. The van der Waals surface area contributed by atoms with Crippen molar-refractivity contribution in [3.05, 3.63) is 209 Å². The van der Waals surface area contributed by atoms with Gasteiger partial charge in [0.1, 0.15) is 5.82 Å². The van der Waals surface area contributed by atoms with Crippen LogP contribution in [0.25, 0.3) is 10.9 Å². The first-order valence-electron chi connectivity index (χ1n) is 18.0. The maximum Gasteiger partial charge on any atom is 0.268 e. The Bertz CT molecular complexity index is 2630. The van der Waals surface area contributed by atoms with Crippen LogP contribution in [0.5, 0.6) is 0 Å². The maximum absolute atomic E-state index is 15.5. The third kappa shape index (κ3) is 6.20. The SMILES string of the molecule is Cc1ccc(C(=O)N(Cc2ccccc2)[C@]2(c3ccc(F)cc3)C(=O)N(Cc3ccccc3)[C@@H]2c2cn(S(=O)(=O)c3ccc(C)cc3)c3ccccc23)cc1. The Hall–Kier alpha value is -6.32. The number of nitrogens with zero attached hydrogens (tertiary/aromatic N) is 3. The highest BCUT2D eigenvalue weighted by Gasteiger charge is 2.67. The molecule has 8 rings (SSSR count). The molecule has 0 unspecified atom stereocenters. The maximum atomic E-state index is 15.5. The van der Waals surface area contributed by atoms with Crippen molar-refractivity contribution in [1.82, 2.24) is 13.8 Å². The van der Waals surface area contributed by atoms with E-state index in [4.69, 9.17) is 0 Å². The zero-order chi connectivity index (χ0) is 38.3. The Balaban J connectivity index is 1.42. The first-order valence-corrected chi connectivity index (χ1v) is 19.5. The molecule has 0 saturated carbocycles. The van der Waals surface area contributed by atoms with E-state index < -0.39 is 33.3 Å². The van der Waals surface area contributed by atoms with Crippen molar-refractivity contribution in [2.45, 2.75) is 43.4 Å². The van der Waals surface area contributed by atoms with Crippen LogP contribution in [-0.2, 0) is 33.4 Å². The third-order valence-electron chi connectivity index (χ3n) is 10.5. The number of β-lactam (4-membered cyclic amide) rings is 1. The molecule has 1 saturated heterocycles. The summed E-state index contributed by atoms with van der Waals surface area (Å²) in [5.74, 6) is -1.27. The molecule has 0 spiro atoms. The zero-order valence-electron chi connectivity index (χ0n) is 30.3. The van der Waals surface area contributed by atoms with Crippen molar-refractivity contribution in [3.8, 4) is 0 Å². The monoisotopic (exact) mass is 747 g/mol. The first kappa shape index (κ1) is 35.7. The van der Waals surface area contributed by atoms with E-state index in [1.165, 1.54) is 16.1 Å². The summed E-state index contributed by atoms with van der Waals surface area (Å²) < 4.78 is 45.0. The van der Waals surface area contributed by atoms with Gasteiger partial charge >= 0.3 is 0 Å². The summed E-state index contributed by atoms with van der Waals surface area (Å²) in [7, 11) is -4.13. The Morgan fingerprint density at radius 3 is 1.91 bits per heavy atom. The van der Waals surface area contributed by atoms with Crippen LogP contribution in [0.4, 0.5) is 4.39 Å². The molecule has 1 fully saturated rings. The Labute approximate surface area is 320 Å². The van der Waals surface area contributed by atoms with Crippen molar-refractivity contribution in [2.75, 3.05) is 0 Å². The van der Waals surface area contributed by atoms with Crippen LogP contribution in [0.2, 0.25) is 0 Å². The van der Waals surface area contributed by atoms with Crippen LogP contribution in [-0.4, -0.2) is 34.0 Å². The number of carbonyl (C=O) groups is 2. The average Bonchev–Trinajstić information content (AvgIpc) is 3.59. The van der Waals surface area contributed by atoms with Crippen molar-refractivity contribution in [2.24, 2.45) is 0 Å². The predicted molar refractivity (Wildman–Crippen MR) is 211 cm³/mol. The van der Waals surface area contributed by atoms with E-state index >= 15 is 9.59 Å². The van der Waals surface area contributed by atoms with E-state index in [0.717, 1.165) is 22.3 Å². The number of carbonyl (C=O) groups excluding carboxylic acids is 2. The molecule has 274 valence electrons. The standard InChI is InChI=1S/C46H38FN3O4S/c1-32-17-21-36(22-18-32)44(51)49(30-35-13-7-4-8-14-35)46(37-23-25-38(47)26-24-37)43(48(45(46)52)29-34-11-5-3-6-12-34)41-31-50(42-16-10-9-15-40(41)42)55(53,54)39-27-19-33(2)20-28-39/h3-28,31,43H,29-30H2,1-2H3/t43-,46+/m1/s1. The second-order valence-corrected chi connectivity index (χ2v) is 15.9. The number of aryl methyl sites for hydroxylation is 2. The average molecular weight is 748 g/mol. The van der Waals surface area contributed by atoms with Gasteiger partial charge in [-0.15, -0.1) is 0 Å². The minimum Gasteiger partial charge on any atom is -0.326 e. The van der Waals surface area contributed by atoms with Gasteiger partial charge in [0.2, 0.25) is 0 Å². The van der Waals surface area contributed by atoms with Crippen molar-refractivity contribution in [3.63, 3.8) is 0 Å². The molecule has 7 nitrogen and oxygen atoms in total. The molecule has 55 heavy (non-hydrogen) atoms. The highest BCUT2D eigenvalue weighted by molar-refractivity contribution is 7.90. The topological polar surface area (TPSA) is 79.7 Å². The highest BCUT2D eigenvalue weighted by atomic mass is 32.2. The van der Waals surface area contributed by atoms with Gasteiger partial charge in [-0.25, -0.2) is 16.8 Å². The minimum absolute atomic E-state index is 0.0344. The van der Waals surface area contributed by atoms with Gasteiger partial charge in [0.15, 0.2) is 5.54 Å². The van der Waals surface area contributed by atoms with E-state index in [1.54, 1.807) is 76.7 Å². The molecule has 6 aromatic carbocycles. The number of aromatic nitrogens is 1. The number of amides is 2. The first-order chi connectivity index (χ1) is 26.6. The van der Waals surface area contributed by atoms with Gasteiger partial charge in [-0.3, -0.25) is 9.59 Å². The lowest BCUT2D eigenvalue weighted by Crippen LogP contribution is -2.73. The lowest BCUT2D eigenvalue weighted by Gasteiger charge is -2.60. The van der Waals surface area contributed by atoms with Crippen LogP contribution in [0, 0.1) is 19.7 Å². The molecule has 0 radical (unpaired) electrons. The molecule has 9 heteroatoms. The predicted octanol–water partition coefficient (Wildman–Crippen LogP) is 8.96. The quantitative estimate of drug-likeness (QED) is 0.131. The van der Waals surface area contributed by atoms with Gasteiger partial charge in [0.25, 0.3) is 21.8 Å². The fraction of sp³-hybridized carbons (Fsp3) is 0.130. The van der Waals surface area contributed by atoms with Gasteiger partial charge < -0.3 is 9.80 Å². The molecular formula is C46H38FN3O4S. The summed E-state index contributed by atoms with van der Waals surface area (Å²) in [4.78, 5) is 34.0. The molecule has 1 aliphatic rings. The molecular weight excluding hydrogens is 710 g/mol. The Kier molecular flexibility index (Phi) is 9.19. The Morgan fingerprint density at radius 2 is 1.27 bits per heavy atom. The number of hydrogen-bond acceptors (Lipinski definition) is 4. The molecule has 0 N–H and O–H groups in total. The van der Waals surface area contributed by atoms with E-state index in [1.807, 2.05) is 98.8 Å². The number of benzene rings is 6. The minimum atomic E-state index is -4.13. The second-order valence-electron chi connectivity index (χ2n) is 14.1. The summed E-state index contributed by atoms with van der Waals surface area (Å²) in [6.45, 7) is 4.04. The fourth-order valence-electron chi connectivity index (χ4n) is 7.74. The third-order valence-corrected chi connectivity index (χ3v) is 12.2. The van der Waals surface area contributed by atoms with Gasteiger partial charge in [-0.2, -0.15) is 0 Å². The molecule has 1 aromatic heterocycles. The molecule has 0 aliphatic carbocycles. The fourth-order valence-corrected chi connectivity index (χ4v) is 9.12. The molecule has 0 bridgehead atoms. The van der Waals surface area contributed by atoms with Crippen molar-refractivity contribution >= 4 is 32.7 Å². The van der Waals surface area contributed by atoms with E-state index in [9.17, 15) is 12.8 Å². The van der Waals surface area contributed by atoms with Crippen LogP contribution in [0.1, 0.15) is 49.8 Å². The molecule has 7 aromatic rings. The second kappa shape index (κ2) is 14.2. The van der Waals surface area contributed by atoms with Crippen LogP contribution in [0.3, 0.4) is 0 Å². The summed E-state index contributed by atoms with van der Waals surface area (Å²) >= 11 is 0. The van der Waals surface area contributed by atoms with Gasteiger partial charge in [0.05, 0.1) is 16.5 Å². The lowest BCUT2D eigenvalue weighted by molar-refractivity contribution is -0.179. The summed E-state index contributed by atoms with van der Waals surface area (Å²) in [6, 6.07) is 44.8. The highest BCUT2D eigenvalue weighted by Crippen LogP contribution is 2.57. The molecule has 2 heterocycles. The van der Waals surface area contributed by atoms with Gasteiger partial charge in [-0.05, 0) is 73.0 Å². The van der Waals surface area contributed by atoms with E-state index in [2.05, 4.69) is 0 Å². The van der Waals surface area contributed by atoms with Gasteiger partial charge in [-0.1, -0.05) is 126 Å². The lowest BCUT2D eigenvalue weighted by atomic mass is 9.68. The normalized spacial score (nSPS) is 16.9. The van der Waals surface area contributed by atoms with Crippen LogP contribution in [0.15, 0.2) is 169 Å². The number of halogens is 1. The number of hydrogen-bond donors (Lipinski definition) is 0. The van der Waals surface area contributed by atoms with Crippen molar-refractivity contribution in [1.29, 1.82) is 0 Å². The van der Waals surface area contributed by atoms with E-state index in [-0.39, 0.29) is 23.9 Å². The van der Waals surface area contributed by atoms with Crippen LogP contribution >= 0.6 is 0 Å². The number of likely N-dealkylation sites (tertiary alicyclic amines) is 1. The summed E-state index contributed by atoms with van der Waals surface area (Å²) in [5, 5.41) is 0.600. The summed E-state index contributed by atoms with van der Waals surface area (Å²) in [5.41, 5.74) is 3.51. The molecule has 2 amide bonds. The van der Waals surface area contributed by atoms with Crippen LogP contribution < -0.4 is 0 Å². The van der Waals surface area contributed by atoms with Gasteiger partial charge in [0, 0.05) is 35.8 Å². The Morgan fingerprint density at radius 1 is 0.709 bits per heavy atom.